The quantitative estimate of drug-likeness (QED) is 0.526. The van der Waals surface area contributed by atoms with Gasteiger partial charge in [0.1, 0.15) is 17.7 Å². The van der Waals surface area contributed by atoms with Crippen LogP contribution >= 0.6 is 15.9 Å². The molecule has 0 fully saturated rings. The van der Waals surface area contributed by atoms with E-state index in [4.69, 9.17) is 0 Å². The Hall–Kier alpha value is -3.68. The largest absolute Gasteiger partial charge is 0.338 e. The maximum Gasteiger partial charge on any atom is 0.176 e. The summed E-state index contributed by atoms with van der Waals surface area (Å²) in [6.07, 6.45) is 1.47. The molecule has 27 heavy (non-hydrogen) atoms. The van der Waals surface area contributed by atoms with Gasteiger partial charge in [-0.1, -0.05) is 46.3 Å². The second-order valence-corrected chi connectivity index (χ2v) is 6.62. The Labute approximate surface area is 163 Å². The Kier molecular flexibility index (Phi) is 4.29. The summed E-state index contributed by atoms with van der Waals surface area (Å²) in [7, 11) is 0. The molecule has 1 N–H and O–H groups in total. The van der Waals surface area contributed by atoms with Crippen molar-refractivity contribution in [3.8, 4) is 23.4 Å². The summed E-state index contributed by atoms with van der Waals surface area (Å²) in [5, 5.41) is 26.9. The number of nitrogens with one attached hydrogen (secondary N) is 1. The molecule has 2 aromatic heterocycles. The average molecular weight is 415 g/mol. The number of hydrogen-bond donors (Lipinski definition) is 1. The monoisotopic (exact) mass is 414 g/mol. The van der Waals surface area contributed by atoms with Crippen molar-refractivity contribution in [2.75, 3.05) is 5.32 Å². The minimum Gasteiger partial charge on any atom is -0.338 e. The number of halogens is 1. The summed E-state index contributed by atoms with van der Waals surface area (Å²) in [5.41, 5.74) is 3.30. The smallest absolute Gasteiger partial charge is 0.176 e. The van der Waals surface area contributed by atoms with Gasteiger partial charge in [-0.15, -0.1) is 5.10 Å². The molecule has 2 heterocycles. The zero-order valence-electron chi connectivity index (χ0n) is 13.9. The molecule has 0 aliphatic heterocycles. The zero-order chi connectivity index (χ0) is 18.8. The summed E-state index contributed by atoms with van der Waals surface area (Å²) in [6.45, 7) is 0. The van der Waals surface area contributed by atoms with E-state index in [0.29, 0.717) is 28.3 Å². The number of hydrogen-bond acceptors (Lipinski definition) is 5. The third-order valence-electron chi connectivity index (χ3n) is 4.03. The lowest BCUT2D eigenvalue weighted by atomic mass is 10.1. The minimum absolute atomic E-state index is 0.321. The van der Waals surface area contributed by atoms with E-state index in [1.807, 2.05) is 54.6 Å². The molecule has 0 aliphatic carbocycles. The van der Waals surface area contributed by atoms with Gasteiger partial charge in [-0.05, 0) is 24.3 Å². The second-order valence-electron chi connectivity index (χ2n) is 5.70. The molecule has 0 aliphatic rings. The predicted octanol–water partition coefficient (Wildman–Crippen LogP) is 4.65. The molecule has 6 nitrogen and oxygen atoms in total. The van der Waals surface area contributed by atoms with E-state index in [9.17, 15) is 10.5 Å². The first kappa shape index (κ1) is 16.8. The molecule has 0 bridgehead atoms. The molecule has 2 aromatic carbocycles. The number of aromatic nitrogens is 3. The van der Waals surface area contributed by atoms with Gasteiger partial charge in [-0.25, -0.2) is 9.50 Å². The standard InChI is InChI=1S/C20H11BrN6/c21-15-8-6-13(7-9-15)18-14(10-22)12-24-20-17(11-23)19(26-27(18)20)25-16-4-2-1-3-5-16/h1-9,12H,(H,25,26). The summed E-state index contributed by atoms with van der Waals surface area (Å²) in [6, 6.07) is 21.3. The molecule has 0 unspecified atom stereocenters. The highest BCUT2D eigenvalue weighted by Crippen LogP contribution is 2.29. The Morgan fingerprint density at radius 2 is 1.70 bits per heavy atom. The summed E-state index contributed by atoms with van der Waals surface area (Å²) >= 11 is 3.41. The van der Waals surface area contributed by atoms with Crippen molar-refractivity contribution in [3.05, 3.63) is 76.4 Å². The summed E-state index contributed by atoms with van der Waals surface area (Å²) < 4.78 is 2.48. The maximum absolute atomic E-state index is 9.65. The molecule has 0 spiro atoms. The third kappa shape index (κ3) is 3.01. The SMILES string of the molecule is N#Cc1cnc2c(C#N)c(Nc3ccccc3)nn2c1-c1ccc(Br)cc1. The van der Waals surface area contributed by atoms with Crippen molar-refractivity contribution < 1.29 is 0 Å². The van der Waals surface area contributed by atoms with Gasteiger partial charge in [0.05, 0.1) is 11.3 Å². The van der Waals surface area contributed by atoms with Gasteiger partial charge >= 0.3 is 0 Å². The first-order chi connectivity index (χ1) is 13.2. The Bertz CT molecular complexity index is 1210. The van der Waals surface area contributed by atoms with Crippen LogP contribution in [-0.2, 0) is 0 Å². The lowest BCUT2D eigenvalue weighted by molar-refractivity contribution is 0.947. The van der Waals surface area contributed by atoms with Gasteiger partial charge in [0, 0.05) is 21.9 Å². The van der Waals surface area contributed by atoms with E-state index in [-0.39, 0.29) is 0 Å². The molecule has 0 saturated heterocycles. The molecule has 128 valence electrons. The van der Waals surface area contributed by atoms with Crippen molar-refractivity contribution in [1.29, 1.82) is 10.5 Å². The fourth-order valence-corrected chi connectivity index (χ4v) is 3.07. The van der Waals surface area contributed by atoms with Crippen LogP contribution < -0.4 is 5.32 Å². The van der Waals surface area contributed by atoms with Gasteiger partial charge in [0.15, 0.2) is 11.5 Å². The Balaban J connectivity index is 1.96. The fraction of sp³-hybridized carbons (Fsp3) is 0. The average Bonchev–Trinajstić information content (AvgIpc) is 3.05. The number of anilines is 2. The lowest BCUT2D eigenvalue weighted by Crippen LogP contribution is -2.00. The van der Waals surface area contributed by atoms with Crippen LogP contribution in [0.15, 0.2) is 65.3 Å². The van der Waals surface area contributed by atoms with E-state index in [1.165, 1.54) is 6.20 Å². The molecule has 0 atom stereocenters. The highest BCUT2D eigenvalue weighted by atomic mass is 79.9. The summed E-state index contributed by atoms with van der Waals surface area (Å²) in [5.74, 6) is 0.393. The van der Waals surface area contributed by atoms with Gasteiger partial charge in [0.25, 0.3) is 0 Å². The highest BCUT2D eigenvalue weighted by molar-refractivity contribution is 9.10. The van der Waals surface area contributed by atoms with Crippen LogP contribution in [0, 0.1) is 22.7 Å². The molecular weight excluding hydrogens is 404 g/mol. The van der Waals surface area contributed by atoms with Crippen molar-refractivity contribution in [1.82, 2.24) is 14.6 Å². The van der Waals surface area contributed by atoms with Crippen LogP contribution in [0.4, 0.5) is 11.5 Å². The van der Waals surface area contributed by atoms with Crippen LogP contribution in [0.1, 0.15) is 11.1 Å². The predicted molar refractivity (Wildman–Crippen MR) is 105 cm³/mol. The van der Waals surface area contributed by atoms with E-state index >= 15 is 0 Å². The van der Waals surface area contributed by atoms with Crippen molar-refractivity contribution >= 4 is 33.1 Å². The zero-order valence-corrected chi connectivity index (χ0v) is 15.5. The van der Waals surface area contributed by atoms with Crippen LogP contribution in [0.25, 0.3) is 16.9 Å². The normalized spacial score (nSPS) is 10.3. The first-order valence-electron chi connectivity index (χ1n) is 8.01. The van der Waals surface area contributed by atoms with Crippen LogP contribution in [0.2, 0.25) is 0 Å². The van der Waals surface area contributed by atoms with E-state index < -0.39 is 0 Å². The molecule has 7 heteroatoms. The number of rotatable bonds is 3. The van der Waals surface area contributed by atoms with Gasteiger partial charge in [0.2, 0.25) is 0 Å². The topological polar surface area (TPSA) is 89.8 Å². The minimum atomic E-state index is 0.321. The molecule has 0 radical (unpaired) electrons. The van der Waals surface area contributed by atoms with Crippen molar-refractivity contribution in [3.63, 3.8) is 0 Å². The number of nitrogens with zero attached hydrogens (tertiary/aromatic N) is 5. The Morgan fingerprint density at radius 1 is 0.963 bits per heavy atom. The molecule has 4 rings (SSSR count). The fourth-order valence-electron chi connectivity index (χ4n) is 2.80. The third-order valence-corrected chi connectivity index (χ3v) is 4.56. The second kappa shape index (κ2) is 6.91. The first-order valence-corrected chi connectivity index (χ1v) is 8.80. The summed E-state index contributed by atoms with van der Waals surface area (Å²) in [4.78, 5) is 4.29. The molecular formula is C20H11BrN6. The molecule has 0 saturated carbocycles. The number of para-hydroxylation sites is 1. The van der Waals surface area contributed by atoms with Crippen molar-refractivity contribution in [2.24, 2.45) is 0 Å². The van der Waals surface area contributed by atoms with Crippen molar-refractivity contribution in [2.45, 2.75) is 0 Å². The van der Waals surface area contributed by atoms with Gasteiger partial charge < -0.3 is 5.32 Å². The number of benzene rings is 2. The Morgan fingerprint density at radius 3 is 2.37 bits per heavy atom. The molecule has 4 aromatic rings. The lowest BCUT2D eigenvalue weighted by Gasteiger charge is -2.07. The van der Waals surface area contributed by atoms with Gasteiger partial charge in [-0.2, -0.15) is 10.5 Å². The van der Waals surface area contributed by atoms with Crippen LogP contribution in [0.5, 0.6) is 0 Å². The highest BCUT2D eigenvalue weighted by Gasteiger charge is 2.19. The van der Waals surface area contributed by atoms with Crippen LogP contribution in [0.3, 0.4) is 0 Å². The van der Waals surface area contributed by atoms with Gasteiger partial charge in [-0.3, -0.25) is 0 Å². The van der Waals surface area contributed by atoms with E-state index in [2.05, 4.69) is 43.5 Å². The number of fused-ring (bicyclic) bond motifs is 1. The van der Waals surface area contributed by atoms with Crippen LogP contribution in [-0.4, -0.2) is 14.6 Å². The number of nitriles is 2. The molecule has 0 amide bonds. The van der Waals surface area contributed by atoms with E-state index in [0.717, 1.165) is 15.7 Å². The maximum atomic E-state index is 9.65. The van der Waals surface area contributed by atoms with E-state index in [1.54, 1.807) is 4.52 Å².